The van der Waals surface area contributed by atoms with E-state index in [2.05, 4.69) is 15.9 Å². The van der Waals surface area contributed by atoms with Gasteiger partial charge in [-0.2, -0.15) is 0 Å². The van der Waals surface area contributed by atoms with Crippen LogP contribution >= 0.6 is 39.1 Å². The summed E-state index contributed by atoms with van der Waals surface area (Å²) in [7, 11) is 0. The summed E-state index contributed by atoms with van der Waals surface area (Å²) in [6.45, 7) is 0. The Morgan fingerprint density at radius 1 is 1.31 bits per heavy atom. The summed E-state index contributed by atoms with van der Waals surface area (Å²) >= 11 is 14.9. The smallest absolute Gasteiger partial charge is 0.177 e. The van der Waals surface area contributed by atoms with Crippen molar-refractivity contribution in [2.75, 3.05) is 0 Å². The fourth-order valence-corrected chi connectivity index (χ4v) is 2.39. The maximum atomic E-state index is 11.5. The lowest BCUT2D eigenvalue weighted by Crippen LogP contribution is -2.05. The fraction of sp³-hybridized carbons (Fsp3) is 0.222. The molecule has 1 aromatic carbocycles. The second-order valence-corrected chi connectivity index (χ2v) is 4.88. The van der Waals surface area contributed by atoms with Gasteiger partial charge in [0.15, 0.2) is 5.78 Å². The first kappa shape index (κ1) is 9.50. The minimum absolute atomic E-state index is 0.0913. The van der Waals surface area contributed by atoms with Gasteiger partial charge in [0.2, 0.25) is 0 Å². The summed E-state index contributed by atoms with van der Waals surface area (Å²) < 4.78 is 0. The molecule has 0 amide bonds. The van der Waals surface area contributed by atoms with Crippen LogP contribution in [0.25, 0.3) is 0 Å². The van der Waals surface area contributed by atoms with Gasteiger partial charge in [0, 0.05) is 5.56 Å². The van der Waals surface area contributed by atoms with E-state index < -0.39 is 0 Å². The van der Waals surface area contributed by atoms with E-state index in [4.69, 9.17) is 23.2 Å². The van der Waals surface area contributed by atoms with Gasteiger partial charge in [-0.05, 0) is 24.1 Å². The lowest BCUT2D eigenvalue weighted by molar-refractivity contribution is 0.100. The summed E-state index contributed by atoms with van der Waals surface area (Å²) in [6, 6.07) is 3.40. The zero-order chi connectivity index (χ0) is 9.59. The maximum absolute atomic E-state index is 11.5. The molecule has 1 atom stereocenters. The molecule has 0 bridgehead atoms. The SMILES string of the molecule is O=C1c2cc(Cl)c(Cl)cc2CC1Br. The van der Waals surface area contributed by atoms with Crippen LogP contribution in [0, 0.1) is 0 Å². The monoisotopic (exact) mass is 278 g/mol. The van der Waals surface area contributed by atoms with Crippen molar-refractivity contribution in [2.45, 2.75) is 11.2 Å². The minimum atomic E-state index is -0.114. The van der Waals surface area contributed by atoms with Crippen molar-refractivity contribution in [2.24, 2.45) is 0 Å². The molecular formula is C9H5BrCl2O. The van der Waals surface area contributed by atoms with Gasteiger partial charge in [-0.3, -0.25) is 4.79 Å². The molecule has 0 saturated heterocycles. The summed E-state index contributed by atoms with van der Waals surface area (Å²) in [4.78, 5) is 11.4. The Balaban J connectivity index is 2.59. The van der Waals surface area contributed by atoms with Crippen molar-refractivity contribution >= 4 is 44.9 Å². The molecule has 13 heavy (non-hydrogen) atoms. The van der Waals surface area contributed by atoms with Gasteiger partial charge < -0.3 is 0 Å². The number of benzene rings is 1. The molecule has 1 aromatic rings. The van der Waals surface area contributed by atoms with Gasteiger partial charge in [-0.15, -0.1) is 0 Å². The molecule has 0 saturated carbocycles. The zero-order valence-corrected chi connectivity index (χ0v) is 9.58. The van der Waals surface area contributed by atoms with E-state index in [1.165, 1.54) is 0 Å². The molecule has 1 nitrogen and oxygen atoms in total. The van der Waals surface area contributed by atoms with Crippen molar-refractivity contribution in [3.63, 3.8) is 0 Å². The van der Waals surface area contributed by atoms with E-state index in [0.29, 0.717) is 22.0 Å². The molecule has 1 unspecified atom stereocenters. The number of carbonyl (C=O) groups is 1. The summed E-state index contributed by atoms with van der Waals surface area (Å²) in [6.07, 6.45) is 0.699. The highest BCUT2D eigenvalue weighted by Crippen LogP contribution is 2.33. The molecule has 0 N–H and O–H groups in total. The van der Waals surface area contributed by atoms with Crippen molar-refractivity contribution in [3.8, 4) is 0 Å². The van der Waals surface area contributed by atoms with Crippen molar-refractivity contribution in [1.29, 1.82) is 0 Å². The van der Waals surface area contributed by atoms with Gasteiger partial charge in [-0.25, -0.2) is 0 Å². The molecule has 0 heterocycles. The Hall–Kier alpha value is -0.0500. The molecule has 0 aliphatic heterocycles. The molecule has 0 spiro atoms. The quantitative estimate of drug-likeness (QED) is 0.665. The van der Waals surface area contributed by atoms with E-state index in [-0.39, 0.29) is 10.6 Å². The Bertz CT molecular complexity index is 389. The van der Waals surface area contributed by atoms with E-state index >= 15 is 0 Å². The normalized spacial score (nSPS) is 20.5. The molecule has 0 radical (unpaired) electrons. The van der Waals surface area contributed by atoms with Crippen LogP contribution in [0.15, 0.2) is 12.1 Å². The number of carbonyl (C=O) groups excluding carboxylic acids is 1. The van der Waals surface area contributed by atoms with Crippen LogP contribution in [0.3, 0.4) is 0 Å². The van der Waals surface area contributed by atoms with E-state index in [0.717, 1.165) is 5.56 Å². The lowest BCUT2D eigenvalue weighted by atomic mass is 10.1. The summed E-state index contributed by atoms with van der Waals surface area (Å²) in [5.74, 6) is 0.0913. The standard InChI is InChI=1S/C9H5BrCl2O/c10-6-1-4-2-7(11)8(12)3-5(4)9(6)13/h2-3,6H,1H2. The maximum Gasteiger partial charge on any atom is 0.177 e. The largest absolute Gasteiger partial charge is 0.293 e. The third-order valence-electron chi connectivity index (χ3n) is 2.10. The number of hydrogen-bond donors (Lipinski definition) is 0. The Labute approximate surface area is 94.2 Å². The Morgan fingerprint density at radius 3 is 2.62 bits per heavy atom. The van der Waals surface area contributed by atoms with Gasteiger partial charge in [0.05, 0.1) is 14.9 Å². The highest BCUT2D eigenvalue weighted by atomic mass is 79.9. The van der Waals surface area contributed by atoms with Crippen LogP contribution in [0.2, 0.25) is 10.0 Å². The van der Waals surface area contributed by atoms with Crippen LogP contribution in [0.4, 0.5) is 0 Å². The van der Waals surface area contributed by atoms with Gasteiger partial charge in [0.1, 0.15) is 0 Å². The lowest BCUT2D eigenvalue weighted by Gasteiger charge is -1.99. The first-order valence-electron chi connectivity index (χ1n) is 3.76. The average Bonchev–Trinajstić information content (AvgIpc) is 2.32. The second kappa shape index (κ2) is 3.26. The molecule has 0 aromatic heterocycles. The van der Waals surface area contributed by atoms with E-state index in [9.17, 15) is 4.79 Å². The number of ketones is 1. The van der Waals surface area contributed by atoms with Crippen LogP contribution in [0.1, 0.15) is 15.9 Å². The average molecular weight is 280 g/mol. The topological polar surface area (TPSA) is 17.1 Å². The summed E-state index contributed by atoms with van der Waals surface area (Å²) in [5.41, 5.74) is 1.66. The highest BCUT2D eigenvalue weighted by Gasteiger charge is 2.28. The number of alkyl halides is 1. The first-order valence-corrected chi connectivity index (χ1v) is 5.43. The minimum Gasteiger partial charge on any atom is -0.293 e. The first-order chi connectivity index (χ1) is 6.09. The predicted octanol–water partition coefficient (Wildman–Crippen LogP) is 3.50. The molecule has 68 valence electrons. The van der Waals surface area contributed by atoms with Crippen LogP contribution in [0.5, 0.6) is 0 Å². The molecule has 1 aliphatic rings. The highest BCUT2D eigenvalue weighted by molar-refractivity contribution is 9.10. The van der Waals surface area contributed by atoms with Crippen molar-refractivity contribution < 1.29 is 4.79 Å². The molecule has 4 heteroatoms. The molecule has 1 aliphatic carbocycles. The number of rotatable bonds is 0. The third-order valence-corrected chi connectivity index (χ3v) is 3.56. The van der Waals surface area contributed by atoms with Crippen molar-refractivity contribution in [3.05, 3.63) is 33.3 Å². The summed E-state index contributed by atoms with van der Waals surface area (Å²) in [5, 5.41) is 0.949. The van der Waals surface area contributed by atoms with Gasteiger partial charge in [-0.1, -0.05) is 39.1 Å². The molecule has 0 fully saturated rings. The van der Waals surface area contributed by atoms with Gasteiger partial charge in [0.25, 0.3) is 0 Å². The van der Waals surface area contributed by atoms with E-state index in [1.807, 2.05) is 0 Å². The second-order valence-electron chi connectivity index (χ2n) is 2.96. The van der Waals surface area contributed by atoms with Crippen LogP contribution in [-0.2, 0) is 6.42 Å². The number of Topliss-reactive ketones (excluding diaryl/α,β-unsaturated/α-hetero) is 1. The van der Waals surface area contributed by atoms with E-state index in [1.54, 1.807) is 12.1 Å². The molecule has 2 rings (SSSR count). The Morgan fingerprint density at radius 2 is 1.92 bits per heavy atom. The predicted molar refractivity (Wildman–Crippen MR) is 57.2 cm³/mol. The van der Waals surface area contributed by atoms with Crippen LogP contribution < -0.4 is 0 Å². The fourth-order valence-electron chi connectivity index (χ4n) is 1.44. The third kappa shape index (κ3) is 1.51. The molecular weight excluding hydrogens is 275 g/mol. The van der Waals surface area contributed by atoms with Gasteiger partial charge >= 0.3 is 0 Å². The number of fused-ring (bicyclic) bond motifs is 1. The van der Waals surface area contributed by atoms with Crippen LogP contribution in [-0.4, -0.2) is 10.6 Å². The Kier molecular flexibility index (Phi) is 2.39. The number of hydrogen-bond acceptors (Lipinski definition) is 1. The number of halogens is 3. The zero-order valence-electron chi connectivity index (χ0n) is 6.48. The van der Waals surface area contributed by atoms with Crippen molar-refractivity contribution in [1.82, 2.24) is 0 Å².